The molecule has 3 aromatic rings. The molecule has 0 aliphatic carbocycles. The minimum Gasteiger partial charge on any atom is -0.350 e. The van der Waals surface area contributed by atoms with E-state index in [0.717, 1.165) is 19.5 Å². The van der Waals surface area contributed by atoms with Gasteiger partial charge in [-0.05, 0) is 37.2 Å². The quantitative estimate of drug-likeness (QED) is 0.764. The molecule has 1 saturated heterocycles. The van der Waals surface area contributed by atoms with Crippen molar-refractivity contribution in [3.63, 3.8) is 0 Å². The van der Waals surface area contributed by atoms with Crippen LogP contribution in [0.1, 0.15) is 6.42 Å². The van der Waals surface area contributed by atoms with Crippen LogP contribution in [0, 0.1) is 17.5 Å². The molecule has 7 heteroatoms. The summed E-state index contributed by atoms with van der Waals surface area (Å²) in [5, 5.41) is 6.74. The molecule has 0 spiro atoms. The summed E-state index contributed by atoms with van der Waals surface area (Å²) in [7, 11) is 0. The standard InChI is InChI=1S/C18H15F3N4/c19-10-4-5-12-15(8-10)24-18(23-11-6-7-22-9-11)25-17(12)16-13(20)2-1-3-14(16)21/h1-5,8,11,22H,6-7,9H2,(H,23,24,25)/t11-/m1/s1. The van der Waals surface area contributed by atoms with Crippen molar-refractivity contribution in [2.75, 3.05) is 18.4 Å². The summed E-state index contributed by atoms with van der Waals surface area (Å²) in [6.45, 7) is 1.61. The maximum absolute atomic E-state index is 14.3. The SMILES string of the molecule is Fc1ccc2c(-c3c(F)cccc3F)nc(N[C@@H]3CCNC3)nc2c1. The molecule has 1 aliphatic heterocycles. The summed E-state index contributed by atoms with van der Waals surface area (Å²) in [6.07, 6.45) is 0.883. The first-order chi connectivity index (χ1) is 12.1. The average molecular weight is 344 g/mol. The van der Waals surface area contributed by atoms with Crippen molar-refractivity contribution < 1.29 is 13.2 Å². The maximum atomic E-state index is 14.3. The lowest BCUT2D eigenvalue weighted by molar-refractivity contribution is 0.589. The Balaban J connectivity index is 1.91. The van der Waals surface area contributed by atoms with Crippen LogP contribution in [0.25, 0.3) is 22.2 Å². The van der Waals surface area contributed by atoms with Gasteiger partial charge in [0.15, 0.2) is 0 Å². The van der Waals surface area contributed by atoms with Gasteiger partial charge in [0, 0.05) is 24.0 Å². The summed E-state index contributed by atoms with van der Waals surface area (Å²) < 4.78 is 42.2. The molecule has 4 rings (SSSR count). The normalized spacial score (nSPS) is 17.2. The van der Waals surface area contributed by atoms with Crippen molar-refractivity contribution in [1.82, 2.24) is 15.3 Å². The highest BCUT2D eigenvalue weighted by Crippen LogP contribution is 2.31. The van der Waals surface area contributed by atoms with Crippen LogP contribution in [0.2, 0.25) is 0 Å². The Morgan fingerprint density at radius 1 is 1.04 bits per heavy atom. The fourth-order valence-corrected chi connectivity index (χ4v) is 3.04. The molecule has 25 heavy (non-hydrogen) atoms. The Bertz CT molecular complexity index is 919. The second kappa shape index (κ2) is 6.33. The van der Waals surface area contributed by atoms with E-state index in [1.807, 2.05) is 0 Å². The minimum atomic E-state index is -0.724. The van der Waals surface area contributed by atoms with Crippen molar-refractivity contribution in [3.05, 3.63) is 53.8 Å². The first kappa shape index (κ1) is 15.8. The van der Waals surface area contributed by atoms with Crippen molar-refractivity contribution in [2.45, 2.75) is 12.5 Å². The van der Waals surface area contributed by atoms with Gasteiger partial charge in [-0.25, -0.2) is 23.1 Å². The lowest BCUT2D eigenvalue weighted by Crippen LogP contribution is -2.23. The summed E-state index contributed by atoms with van der Waals surface area (Å²) in [4.78, 5) is 8.64. The molecule has 1 aromatic heterocycles. The van der Waals surface area contributed by atoms with E-state index in [1.54, 1.807) is 0 Å². The van der Waals surface area contributed by atoms with Crippen LogP contribution in [0.4, 0.5) is 19.1 Å². The molecule has 1 fully saturated rings. The third-order valence-electron chi connectivity index (χ3n) is 4.25. The lowest BCUT2D eigenvalue weighted by atomic mass is 10.1. The summed E-state index contributed by atoms with van der Waals surface area (Å²) >= 11 is 0. The number of nitrogens with one attached hydrogen (secondary N) is 2. The zero-order valence-corrected chi connectivity index (χ0v) is 13.2. The largest absolute Gasteiger partial charge is 0.350 e. The molecule has 0 saturated carbocycles. The third kappa shape index (κ3) is 3.02. The van der Waals surface area contributed by atoms with Gasteiger partial charge in [-0.3, -0.25) is 0 Å². The third-order valence-corrected chi connectivity index (χ3v) is 4.25. The van der Waals surface area contributed by atoms with Gasteiger partial charge < -0.3 is 10.6 Å². The van der Waals surface area contributed by atoms with Gasteiger partial charge in [-0.2, -0.15) is 0 Å². The lowest BCUT2D eigenvalue weighted by Gasteiger charge is -2.14. The fourth-order valence-electron chi connectivity index (χ4n) is 3.04. The Labute approximate surface area is 142 Å². The van der Waals surface area contributed by atoms with Crippen LogP contribution < -0.4 is 10.6 Å². The molecular formula is C18H15F3N4. The summed E-state index contributed by atoms with van der Waals surface area (Å²) in [6, 6.07) is 7.64. The highest BCUT2D eigenvalue weighted by atomic mass is 19.1. The van der Waals surface area contributed by atoms with E-state index in [9.17, 15) is 13.2 Å². The van der Waals surface area contributed by atoms with Crippen LogP contribution in [-0.2, 0) is 0 Å². The molecule has 0 unspecified atom stereocenters. The Kier molecular flexibility index (Phi) is 4.01. The molecule has 2 N–H and O–H groups in total. The molecule has 1 atom stereocenters. The van der Waals surface area contributed by atoms with Gasteiger partial charge in [0.1, 0.15) is 17.5 Å². The van der Waals surface area contributed by atoms with Gasteiger partial charge in [0.05, 0.1) is 16.8 Å². The Morgan fingerprint density at radius 2 is 1.84 bits per heavy atom. The predicted molar refractivity (Wildman–Crippen MR) is 89.7 cm³/mol. The second-order valence-corrected chi connectivity index (χ2v) is 5.99. The van der Waals surface area contributed by atoms with E-state index < -0.39 is 17.5 Å². The number of hydrogen-bond donors (Lipinski definition) is 2. The molecule has 2 heterocycles. The smallest absolute Gasteiger partial charge is 0.224 e. The fraction of sp³-hybridized carbons (Fsp3) is 0.222. The van der Waals surface area contributed by atoms with E-state index in [-0.39, 0.29) is 23.2 Å². The zero-order chi connectivity index (χ0) is 17.4. The summed E-state index contributed by atoms with van der Waals surface area (Å²) in [5.41, 5.74) is 0.157. The number of halogens is 3. The zero-order valence-electron chi connectivity index (χ0n) is 13.2. The van der Waals surface area contributed by atoms with E-state index >= 15 is 0 Å². The molecule has 0 radical (unpaired) electrons. The van der Waals surface area contributed by atoms with Crippen molar-refractivity contribution in [3.8, 4) is 11.3 Å². The molecular weight excluding hydrogens is 329 g/mol. The highest BCUT2D eigenvalue weighted by molar-refractivity contribution is 5.93. The highest BCUT2D eigenvalue weighted by Gasteiger charge is 2.20. The Morgan fingerprint density at radius 3 is 2.56 bits per heavy atom. The monoisotopic (exact) mass is 344 g/mol. The maximum Gasteiger partial charge on any atom is 0.224 e. The first-order valence-electron chi connectivity index (χ1n) is 8.01. The number of hydrogen-bond acceptors (Lipinski definition) is 4. The van der Waals surface area contributed by atoms with E-state index in [1.165, 1.54) is 36.4 Å². The average Bonchev–Trinajstić information content (AvgIpc) is 3.07. The van der Waals surface area contributed by atoms with Crippen LogP contribution in [0.5, 0.6) is 0 Å². The number of anilines is 1. The van der Waals surface area contributed by atoms with Gasteiger partial charge in [-0.1, -0.05) is 6.07 Å². The van der Waals surface area contributed by atoms with E-state index in [4.69, 9.17) is 0 Å². The van der Waals surface area contributed by atoms with E-state index in [2.05, 4.69) is 20.6 Å². The summed E-state index contributed by atoms with van der Waals surface area (Å²) in [5.74, 6) is -1.69. The van der Waals surface area contributed by atoms with Gasteiger partial charge >= 0.3 is 0 Å². The molecule has 1 aliphatic rings. The van der Waals surface area contributed by atoms with Crippen LogP contribution in [0.15, 0.2) is 36.4 Å². The van der Waals surface area contributed by atoms with Gasteiger partial charge in [-0.15, -0.1) is 0 Å². The first-order valence-corrected chi connectivity index (χ1v) is 8.01. The number of rotatable bonds is 3. The number of nitrogens with zero attached hydrogens (tertiary/aromatic N) is 2. The minimum absolute atomic E-state index is 0.106. The van der Waals surface area contributed by atoms with Crippen molar-refractivity contribution >= 4 is 16.9 Å². The topological polar surface area (TPSA) is 49.8 Å². The predicted octanol–water partition coefficient (Wildman–Crippen LogP) is 3.49. The van der Waals surface area contributed by atoms with Gasteiger partial charge in [0.25, 0.3) is 0 Å². The molecule has 0 amide bonds. The Hall–Kier alpha value is -2.67. The van der Waals surface area contributed by atoms with Crippen molar-refractivity contribution in [1.29, 1.82) is 0 Å². The number of fused-ring (bicyclic) bond motifs is 1. The van der Waals surface area contributed by atoms with E-state index in [0.29, 0.717) is 10.9 Å². The molecule has 4 nitrogen and oxygen atoms in total. The molecule has 128 valence electrons. The molecule has 0 bridgehead atoms. The number of aromatic nitrogens is 2. The van der Waals surface area contributed by atoms with Crippen LogP contribution in [-0.4, -0.2) is 29.1 Å². The van der Waals surface area contributed by atoms with Crippen LogP contribution in [0.3, 0.4) is 0 Å². The van der Waals surface area contributed by atoms with Crippen LogP contribution >= 0.6 is 0 Å². The number of benzene rings is 2. The molecule has 2 aromatic carbocycles. The second-order valence-electron chi connectivity index (χ2n) is 5.99. The van der Waals surface area contributed by atoms with Gasteiger partial charge in [0.2, 0.25) is 5.95 Å². The van der Waals surface area contributed by atoms with Crippen molar-refractivity contribution in [2.24, 2.45) is 0 Å².